The van der Waals surface area contributed by atoms with Crippen molar-refractivity contribution in [2.45, 2.75) is 63.7 Å². The van der Waals surface area contributed by atoms with E-state index in [1.54, 1.807) is 19.1 Å². The molecule has 3 aliphatic rings. The van der Waals surface area contributed by atoms with Crippen LogP contribution in [0.15, 0.2) is 24.4 Å². The maximum atomic E-state index is 15.1. The zero-order chi connectivity index (χ0) is 26.3. The van der Waals surface area contributed by atoms with Gasteiger partial charge in [0.25, 0.3) is 0 Å². The van der Waals surface area contributed by atoms with E-state index in [-0.39, 0.29) is 30.1 Å². The summed E-state index contributed by atoms with van der Waals surface area (Å²) in [6, 6.07) is 5.46. The molecule has 2 atom stereocenters. The number of nitrogens with one attached hydrogen (secondary N) is 1. The number of nitrogens with zero attached hydrogens (tertiary/aromatic N) is 5. The summed E-state index contributed by atoms with van der Waals surface area (Å²) in [5.41, 5.74) is 0.760. The molecular weight excluding hydrogens is 478 g/mol. The van der Waals surface area contributed by atoms with Crippen molar-refractivity contribution in [1.29, 1.82) is 0 Å². The van der Waals surface area contributed by atoms with Gasteiger partial charge < -0.3 is 15.0 Å². The van der Waals surface area contributed by atoms with Gasteiger partial charge in [0.05, 0.1) is 17.8 Å². The topological polar surface area (TPSA) is 73.8 Å². The number of rotatable bonds is 8. The molecule has 0 radical (unpaired) electrons. The molecule has 1 N–H and O–H groups in total. The highest BCUT2D eigenvalue weighted by Crippen LogP contribution is 2.47. The molecule has 1 aromatic heterocycles. The Morgan fingerprint density at radius 1 is 1.19 bits per heavy atom. The van der Waals surface area contributed by atoms with Gasteiger partial charge in [-0.15, -0.1) is 0 Å². The average Bonchev–Trinajstić information content (AvgIpc) is 3.67. The van der Waals surface area contributed by atoms with Crippen LogP contribution in [0.4, 0.5) is 25.3 Å². The first-order valence-electron chi connectivity index (χ1n) is 13.1. The van der Waals surface area contributed by atoms with Crippen molar-refractivity contribution in [3.05, 3.63) is 47.2 Å². The summed E-state index contributed by atoms with van der Waals surface area (Å²) in [5.74, 6) is -0.762. The minimum absolute atomic E-state index is 0.115. The van der Waals surface area contributed by atoms with Gasteiger partial charge in [-0.3, -0.25) is 4.90 Å². The predicted molar refractivity (Wildman–Crippen MR) is 137 cm³/mol. The maximum Gasteiger partial charge on any atom is 0.416 e. The lowest BCUT2D eigenvalue weighted by molar-refractivity contribution is 0.140. The normalized spacial score (nSPS) is 24.0. The Morgan fingerprint density at radius 3 is 2.57 bits per heavy atom. The van der Waals surface area contributed by atoms with Gasteiger partial charge in [-0.05, 0) is 84.3 Å². The summed E-state index contributed by atoms with van der Waals surface area (Å²) < 4.78 is 35.2. The number of aromatic nitrogens is 2. The number of likely N-dealkylation sites (tertiary alicyclic amines) is 1. The zero-order valence-corrected chi connectivity index (χ0v) is 22.0. The number of benzene rings is 1. The van der Waals surface area contributed by atoms with Crippen LogP contribution in [0.2, 0.25) is 0 Å². The second kappa shape index (κ2) is 10.1. The molecule has 5 rings (SSSR count). The third kappa shape index (κ3) is 5.27. The van der Waals surface area contributed by atoms with Crippen LogP contribution in [0, 0.1) is 17.6 Å². The van der Waals surface area contributed by atoms with Crippen molar-refractivity contribution in [1.82, 2.24) is 19.8 Å². The molecular formula is C27H36F2N6O2. The van der Waals surface area contributed by atoms with Crippen molar-refractivity contribution in [2.24, 2.45) is 5.92 Å². The highest BCUT2D eigenvalue weighted by molar-refractivity contribution is 5.90. The van der Waals surface area contributed by atoms with E-state index >= 15 is 4.39 Å². The smallest absolute Gasteiger partial charge is 0.416 e. The van der Waals surface area contributed by atoms with Crippen LogP contribution in [-0.4, -0.2) is 71.2 Å². The number of hydrogen-bond donors (Lipinski definition) is 1. The van der Waals surface area contributed by atoms with Gasteiger partial charge >= 0.3 is 6.09 Å². The Kier molecular flexibility index (Phi) is 7.06. The number of carbonyl (C=O) groups excluding carboxylic acids is 1. The molecule has 0 unspecified atom stereocenters. The molecule has 1 aliphatic carbocycles. The van der Waals surface area contributed by atoms with Crippen molar-refractivity contribution < 1.29 is 18.3 Å². The maximum absolute atomic E-state index is 15.1. The monoisotopic (exact) mass is 514 g/mol. The SMILES string of the molecule is C[C@H](Nc1ncc(F)c(N2C(=O)OC[C@]2(C)C2CC2)n1)c1ccc(CN2CCC(N(C)C)CC2)cc1F. The van der Waals surface area contributed by atoms with Crippen molar-refractivity contribution >= 4 is 17.9 Å². The first kappa shape index (κ1) is 25.8. The van der Waals surface area contributed by atoms with Crippen molar-refractivity contribution in [3.8, 4) is 0 Å². The Balaban J connectivity index is 1.27. The summed E-state index contributed by atoms with van der Waals surface area (Å²) in [6.45, 7) is 6.61. The molecule has 2 aliphatic heterocycles. The molecule has 1 saturated carbocycles. The summed E-state index contributed by atoms with van der Waals surface area (Å²) in [6.07, 6.45) is 4.57. The molecule has 3 fully saturated rings. The molecule has 1 amide bonds. The van der Waals surface area contributed by atoms with Gasteiger partial charge in [-0.25, -0.2) is 23.5 Å². The average molecular weight is 515 g/mol. The van der Waals surface area contributed by atoms with E-state index in [4.69, 9.17) is 4.74 Å². The molecule has 1 aromatic carbocycles. The number of amides is 1. The molecule has 3 heterocycles. The Morgan fingerprint density at radius 2 is 1.92 bits per heavy atom. The van der Waals surface area contributed by atoms with Gasteiger partial charge in [0.1, 0.15) is 12.4 Å². The van der Waals surface area contributed by atoms with E-state index < -0.39 is 23.5 Å². The Hall–Kier alpha value is -2.85. The van der Waals surface area contributed by atoms with E-state index in [0.717, 1.165) is 57.1 Å². The lowest BCUT2D eigenvalue weighted by Crippen LogP contribution is -2.47. The first-order valence-corrected chi connectivity index (χ1v) is 13.1. The van der Waals surface area contributed by atoms with Crippen LogP contribution in [-0.2, 0) is 11.3 Å². The second-order valence-corrected chi connectivity index (χ2v) is 11.1. The Bertz CT molecular complexity index is 1150. The van der Waals surface area contributed by atoms with Gasteiger partial charge in [-0.2, -0.15) is 4.98 Å². The molecule has 2 saturated heterocycles. The third-order valence-corrected chi connectivity index (χ3v) is 8.15. The van der Waals surface area contributed by atoms with Crippen LogP contribution in [0.1, 0.15) is 56.7 Å². The predicted octanol–water partition coefficient (Wildman–Crippen LogP) is 4.58. The van der Waals surface area contributed by atoms with Gasteiger partial charge in [0, 0.05) is 18.2 Å². The molecule has 37 heavy (non-hydrogen) atoms. The number of anilines is 2. The molecule has 200 valence electrons. The highest BCUT2D eigenvalue weighted by atomic mass is 19.1. The van der Waals surface area contributed by atoms with Gasteiger partial charge in [0.15, 0.2) is 11.6 Å². The highest BCUT2D eigenvalue weighted by Gasteiger charge is 2.55. The van der Waals surface area contributed by atoms with Crippen LogP contribution in [0.3, 0.4) is 0 Å². The second-order valence-electron chi connectivity index (χ2n) is 11.1. The van der Waals surface area contributed by atoms with E-state index in [0.29, 0.717) is 11.6 Å². The summed E-state index contributed by atoms with van der Waals surface area (Å²) >= 11 is 0. The molecule has 8 nitrogen and oxygen atoms in total. The number of piperidine rings is 1. The molecule has 0 spiro atoms. The van der Waals surface area contributed by atoms with E-state index in [2.05, 4.69) is 39.2 Å². The number of ether oxygens (including phenoxy) is 1. The van der Waals surface area contributed by atoms with Crippen LogP contribution < -0.4 is 10.2 Å². The summed E-state index contributed by atoms with van der Waals surface area (Å²) in [5, 5.41) is 3.07. The lowest BCUT2D eigenvalue weighted by atomic mass is 9.96. The van der Waals surface area contributed by atoms with Crippen LogP contribution in [0.5, 0.6) is 0 Å². The zero-order valence-electron chi connectivity index (χ0n) is 22.0. The number of carbonyl (C=O) groups is 1. The van der Waals surface area contributed by atoms with Crippen molar-refractivity contribution in [3.63, 3.8) is 0 Å². The number of cyclic esters (lactones) is 1. The van der Waals surface area contributed by atoms with Crippen LogP contribution >= 0.6 is 0 Å². The minimum Gasteiger partial charge on any atom is -0.447 e. The van der Waals surface area contributed by atoms with E-state index in [1.807, 2.05) is 13.0 Å². The van der Waals surface area contributed by atoms with E-state index in [1.165, 1.54) is 4.90 Å². The fourth-order valence-corrected chi connectivity index (χ4v) is 5.61. The molecule has 10 heteroatoms. The van der Waals surface area contributed by atoms with E-state index in [9.17, 15) is 9.18 Å². The lowest BCUT2D eigenvalue weighted by Gasteiger charge is -2.35. The third-order valence-electron chi connectivity index (χ3n) is 8.15. The Labute approximate surface area is 217 Å². The quantitative estimate of drug-likeness (QED) is 0.553. The molecule has 2 aromatic rings. The van der Waals surface area contributed by atoms with Gasteiger partial charge in [-0.1, -0.05) is 12.1 Å². The standard InChI is InChI=1S/C27H36F2N6O2/c1-17(21-8-5-18(13-22(21)28)15-34-11-9-20(10-12-34)33(3)4)31-25-30-14-23(29)24(32-25)35-26(36)37-16-27(35,2)19-6-7-19/h5,8,13-14,17,19-20H,6-7,9-12,15-16H2,1-4H3,(H,30,31,32)/t17-,27+/m0/s1. The minimum atomic E-state index is -0.700. The van der Waals surface area contributed by atoms with Crippen LogP contribution in [0.25, 0.3) is 0 Å². The largest absolute Gasteiger partial charge is 0.447 e. The van der Waals surface area contributed by atoms with Crippen molar-refractivity contribution in [2.75, 3.05) is 44.0 Å². The van der Waals surface area contributed by atoms with Gasteiger partial charge in [0.2, 0.25) is 5.95 Å². The fourth-order valence-electron chi connectivity index (χ4n) is 5.61. The summed E-state index contributed by atoms with van der Waals surface area (Å²) in [7, 11) is 4.24. The fraction of sp³-hybridized carbons (Fsp3) is 0.593. The first-order chi connectivity index (χ1) is 17.7. The number of halogens is 2. The summed E-state index contributed by atoms with van der Waals surface area (Å²) in [4.78, 5) is 26.8. The molecule has 0 bridgehead atoms. The number of hydrogen-bond acceptors (Lipinski definition) is 7.